The van der Waals surface area contributed by atoms with Gasteiger partial charge in [-0.25, -0.2) is 4.79 Å². The quantitative estimate of drug-likeness (QED) is 0.300. The Balaban J connectivity index is 1.27. The molecule has 2 saturated heterocycles. The lowest BCUT2D eigenvalue weighted by Crippen LogP contribution is -2.56. The fourth-order valence-corrected chi connectivity index (χ4v) is 7.92. The number of nitrogens with one attached hydrogen (secondary N) is 1. The molecule has 0 radical (unpaired) electrons. The number of carboxylic acid groups (broad SMARTS) is 1. The van der Waals surface area contributed by atoms with Crippen molar-refractivity contribution in [3.8, 4) is 16.9 Å². The predicted molar refractivity (Wildman–Crippen MR) is 185 cm³/mol. The molecule has 4 aliphatic rings. The second kappa shape index (κ2) is 13.9. The number of hydrogen-bond acceptors (Lipinski definition) is 7. The van der Waals surface area contributed by atoms with E-state index in [-0.39, 0.29) is 55.3 Å². The third-order valence-corrected chi connectivity index (χ3v) is 10.5. The first kappa shape index (κ1) is 35.2. The number of hydrogen-bond donors (Lipinski definition) is 3. The maximum atomic E-state index is 14.4. The second-order valence-corrected chi connectivity index (χ2v) is 15.3. The van der Waals surface area contributed by atoms with Gasteiger partial charge in [-0.1, -0.05) is 49.3 Å². The highest BCUT2D eigenvalue weighted by atomic mass is 16.6. The van der Waals surface area contributed by atoms with Crippen LogP contribution in [0.5, 0.6) is 5.75 Å². The minimum absolute atomic E-state index is 0.112. The molecule has 11 nitrogen and oxygen atoms in total. The van der Waals surface area contributed by atoms with Crippen LogP contribution in [0, 0.1) is 23.7 Å². The van der Waals surface area contributed by atoms with Crippen LogP contribution in [0.4, 0.5) is 0 Å². The number of likely N-dealkylation sites (tertiary alicyclic amines) is 1. The number of fused-ring (bicyclic) bond motifs is 4. The van der Waals surface area contributed by atoms with E-state index >= 15 is 0 Å². The lowest BCUT2D eigenvalue weighted by atomic mass is 9.92. The topological polar surface area (TPSA) is 154 Å². The smallest absolute Gasteiger partial charge is 0.330 e. The molecule has 6 atom stereocenters. The van der Waals surface area contributed by atoms with Crippen molar-refractivity contribution in [3.05, 3.63) is 66.2 Å². The fraction of sp³-hybridized carbons (Fsp3) is 0.513. The molecule has 1 saturated carbocycles. The van der Waals surface area contributed by atoms with Crippen LogP contribution in [-0.2, 0) is 23.9 Å². The molecule has 0 unspecified atom stereocenters. The number of aliphatic carboxylic acids is 1. The summed E-state index contributed by atoms with van der Waals surface area (Å²) in [7, 11) is 0. The van der Waals surface area contributed by atoms with E-state index in [1.165, 1.54) is 0 Å². The van der Waals surface area contributed by atoms with Crippen LogP contribution >= 0.6 is 0 Å². The molecule has 3 N–H and O–H groups in total. The molecule has 3 fully saturated rings. The minimum atomic E-state index is -1.45. The molecule has 3 amide bonds. The third kappa shape index (κ3) is 7.41. The molecule has 266 valence electrons. The van der Waals surface area contributed by atoms with Gasteiger partial charge in [0.15, 0.2) is 0 Å². The van der Waals surface area contributed by atoms with Crippen molar-refractivity contribution in [2.24, 2.45) is 23.7 Å². The summed E-state index contributed by atoms with van der Waals surface area (Å²) in [6.45, 7) is 6.09. The Kier molecular flexibility index (Phi) is 9.79. The van der Waals surface area contributed by atoms with Gasteiger partial charge in [-0.15, -0.1) is 0 Å². The lowest BCUT2D eigenvalue weighted by Gasteiger charge is -2.32. The molecule has 2 aromatic rings. The van der Waals surface area contributed by atoms with E-state index in [9.17, 15) is 34.2 Å². The number of amides is 3. The zero-order valence-electron chi connectivity index (χ0n) is 29.0. The highest BCUT2D eigenvalue weighted by Crippen LogP contribution is 2.46. The molecule has 0 spiro atoms. The van der Waals surface area contributed by atoms with Crippen LogP contribution < -0.4 is 5.32 Å². The summed E-state index contributed by atoms with van der Waals surface area (Å²) in [4.78, 5) is 71.3. The van der Waals surface area contributed by atoms with Gasteiger partial charge in [-0.05, 0) is 81.8 Å². The van der Waals surface area contributed by atoms with Crippen molar-refractivity contribution in [2.75, 3.05) is 19.6 Å². The molecule has 6 rings (SSSR count). The molecule has 2 aromatic carbocycles. The van der Waals surface area contributed by atoms with Gasteiger partial charge in [0.05, 0.1) is 6.42 Å². The van der Waals surface area contributed by atoms with Crippen LogP contribution in [0.1, 0.15) is 76.1 Å². The SMILES string of the molecule is CC(C)(C)OC(=O)C[C@@H]1CCCCC/C=C\[C@@H]2C[C@@]2(C(=O)O)NC(=O)[C@@H]2[C@H]3CN(C(=O)c4cccc(-c5ccc(O)cc5)c4)C[C@H]3CN2C1=O. The van der Waals surface area contributed by atoms with Gasteiger partial charge < -0.3 is 30.1 Å². The van der Waals surface area contributed by atoms with E-state index in [4.69, 9.17) is 4.74 Å². The van der Waals surface area contributed by atoms with Crippen LogP contribution in [0.3, 0.4) is 0 Å². The van der Waals surface area contributed by atoms with Crippen molar-refractivity contribution < 1.29 is 38.9 Å². The van der Waals surface area contributed by atoms with Gasteiger partial charge in [0.1, 0.15) is 22.9 Å². The van der Waals surface area contributed by atoms with Gasteiger partial charge in [0, 0.05) is 48.9 Å². The molecule has 0 bridgehead atoms. The molecule has 3 heterocycles. The van der Waals surface area contributed by atoms with E-state index < -0.39 is 46.9 Å². The van der Waals surface area contributed by atoms with E-state index in [2.05, 4.69) is 5.32 Å². The first-order chi connectivity index (χ1) is 23.8. The van der Waals surface area contributed by atoms with Gasteiger partial charge in [0.25, 0.3) is 5.91 Å². The number of phenols is 1. The Hall–Kier alpha value is -4.67. The van der Waals surface area contributed by atoms with Gasteiger partial charge in [-0.2, -0.15) is 0 Å². The Morgan fingerprint density at radius 3 is 2.46 bits per heavy atom. The number of esters is 1. The number of carboxylic acids is 1. The molecular formula is C39H47N3O8. The Morgan fingerprint density at radius 1 is 0.980 bits per heavy atom. The minimum Gasteiger partial charge on any atom is -0.508 e. The Morgan fingerprint density at radius 2 is 1.74 bits per heavy atom. The first-order valence-electron chi connectivity index (χ1n) is 17.7. The van der Waals surface area contributed by atoms with Crippen molar-refractivity contribution in [1.29, 1.82) is 0 Å². The van der Waals surface area contributed by atoms with Gasteiger partial charge in [-0.3, -0.25) is 19.2 Å². The summed E-state index contributed by atoms with van der Waals surface area (Å²) < 4.78 is 5.59. The Bertz CT molecular complexity index is 1680. The van der Waals surface area contributed by atoms with Crippen molar-refractivity contribution in [2.45, 2.75) is 82.9 Å². The van der Waals surface area contributed by atoms with Crippen LogP contribution in [0.2, 0.25) is 0 Å². The molecule has 0 aromatic heterocycles. The number of ether oxygens (including phenoxy) is 1. The zero-order valence-corrected chi connectivity index (χ0v) is 29.0. The number of rotatable bonds is 5. The van der Waals surface area contributed by atoms with E-state index in [0.29, 0.717) is 18.5 Å². The number of carbonyl (C=O) groups excluding carboxylic acids is 4. The molecule has 3 aliphatic heterocycles. The Labute approximate surface area is 292 Å². The molecule has 50 heavy (non-hydrogen) atoms. The normalized spacial score (nSPS) is 29.1. The zero-order chi connectivity index (χ0) is 35.8. The van der Waals surface area contributed by atoms with E-state index in [1.807, 2.05) is 18.2 Å². The number of benzene rings is 2. The summed E-state index contributed by atoms with van der Waals surface area (Å²) in [6.07, 6.45) is 7.65. The van der Waals surface area contributed by atoms with E-state index in [0.717, 1.165) is 36.8 Å². The van der Waals surface area contributed by atoms with Crippen molar-refractivity contribution >= 4 is 29.7 Å². The van der Waals surface area contributed by atoms with Crippen LogP contribution in [-0.4, -0.2) is 86.5 Å². The fourth-order valence-electron chi connectivity index (χ4n) is 7.92. The van der Waals surface area contributed by atoms with Crippen molar-refractivity contribution in [3.63, 3.8) is 0 Å². The van der Waals surface area contributed by atoms with Gasteiger partial charge in [0.2, 0.25) is 11.8 Å². The first-order valence-corrected chi connectivity index (χ1v) is 17.7. The molecule has 11 heteroatoms. The van der Waals surface area contributed by atoms with Gasteiger partial charge >= 0.3 is 11.9 Å². The average Bonchev–Trinajstić information content (AvgIpc) is 3.41. The van der Waals surface area contributed by atoms with Crippen LogP contribution in [0.25, 0.3) is 11.1 Å². The summed E-state index contributed by atoms with van der Waals surface area (Å²) >= 11 is 0. The number of aromatic hydroxyl groups is 1. The summed E-state index contributed by atoms with van der Waals surface area (Å²) in [5, 5.41) is 22.8. The predicted octanol–water partition coefficient (Wildman–Crippen LogP) is 4.79. The van der Waals surface area contributed by atoms with Crippen LogP contribution in [0.15, 0.2) is 60.7 Å². The number of phenolic OH excluding ortho intramolecular Hbond substituents is 1. The largest absolute Gasteiger partial charge is 0.508 e. The second-order valence-electron chi connectivity index (χ2n) is 15.3. The maximum Gasteiger partial charge on any atom is 0.330 e. The maximum absolute atomic E-state index is 14.4. The molecule has 1 aliphatic carbocycles. The lowest BCUT2D eigenvalue weighted by molar-refractivity contribution is -0.159. The number of allylic oxidation sites excluding steroid dienone is 1. The average molecular weight is 686 g/mol. The summed E-state index contributed by atoms with van der Waals surface area (Å²) in [5.74, 6) is -4.17. The summed E-state index contributed by atoms with van der Waals surface area (Å²) in [5.41, 5.74) is -0.0240. The number of nitrogens with zero attached hydrogens (tertiary/aromatic N) is 2. The standard InChI is InChI=1S/C39H47N3O8/c1-38(2,3)50-32(44)19-27-10-7-5-4-6-8-13-29-20-39(29,37(48)49)40-34(45)33-31-23-41(21-28(31)22-42(33)36(27)47)35(46)26-12-9-11-25(18-26)24-14-16-30(43)17-15-24/h8-9,11-18,27-29,31,33,43H,4-7,10,19-23H2,1-3H3,(H,40,45)(H,48,49)/b13-8-/t27-,28-,29+,31-,33-,39+/m0/s1. The third-order valence-electron chi connectivity index (χ3n) is 10.5. The number of carbonyl (C=O) groups is 5. The molecular weight excluding hydrogens is 638 g/mol. The highest BCUT2D eigenvalue weighted by Gasteiger charge is 2.62. The monoisotopic (exact) mass is 685 g/mol. The van der Waals surface area contributed by atoms with E-state index in [1.54, 1.807) is 73.0 Å². The highest BCUT2D eigenvalue weighted by molar-refractivity contribution is 5.97. The van der Waals surface area contributed by atoms with Crippen molar-refractivity contribution in [1.82, 2.24) is 15.1 Å². The summed E-state index contributed by atoms with van der Waals surface area (Å²) in [6, 6.07) is 13.0.